The first-order valence-corrected chi connectivity index (χ1v) is 10.7. The molecule has 2 N–H and O–H groups in total. The molecule has 31 heavy (non-hydrogen) atoms. The van der Waals surface area contributed by atoms with Crippen LogP contribution >= 0.6 is 0 Å². The van der Waals surface area contributed by atoms with E-state index in [4.69, 9.17) is 5.73 Å². The van der Waals surface area contributed by atoms with E-state index in [0.29, 0.717) is 32.0 Å². The zero-order chi connectivity index (χ0) is 22.1. The van der Waals surface area contributed by atoms with E-state index in [-0.39, 0.29) is 17.6 Å². The number of piperazine rings is 1. The van der Waals surface area contributed by atoms with Crippen molar-refractivity contribution in [2.45, 2.75) is 51.1 Å². The van der Waals surface area contributed by atoms with E-state index in [1.807, 2.05) is 4.90 Å². The highest BCUT2D eigenvalue weighted by molar-refractivity contribution is 5.82. The summed E-state index contributed by atoms with van der Waals surface area (Å²) < 4.78 is 0. The van der Waals surface area contributed by atoms with Gasteiger partial charge in [0.1, 0.15) is 12.1 Å². The van der Waals surface area contributed by atoms with Crippen molar-refractivity contribution >= 4 is 17.4 Å². The highest BCUT2D eigenvalue weighted by atomic mass is 16.6. The third-order valence-electron chi connectivity index (χ3n) is 6.38. The Hall–Kier alpha value is -3.07. The van der Waals surface area contributed by atoms with Crippen LogP contribution in [0.2, 0.25) is 0 Å². The molecule has 0 saturated carbocycles. The van der Waals surface area contributed by atoms with Crippen LogP contribution in [0.4, 0.5) is 11.5 Å². The lowest BCUT2D eigenvalue weighted by Crippen LogP contribution is -2.57. The van der Waals surface area contributed by atoms with Crippen molar-refractivity contribution in [3.8, 4) is 0 Å². The zero-order valence-electron chi connectivity index (χ0n) is 17.9. The summed E-state index contributed by atoms with van der Waals surface area (Å²) in [4.78, 5) is 36.5. The second-order valence-electron chi connectivity index (χ2n) is 8.56. The fraction of sp³-hybridized carbons (Fsp3) is 0.500. The number of carbonyl (C=O) groups excluding carboxylic acids is 1. The number of hydrogen-bond donors (Lipinski definition) is 1. The second kappa shape index (κ2) is 8.58. The number of nitro groups is 1. The predicted octanol–water partition coefficient (Wildman–Crippen LogP) is 2.04. The minimum absolute atomic E-state index is 0.0270. The van der Waals surface area contributed by atoms with Crippen molar-refractivity contribution in [1.29, 1.82) is 0 Å². The summed E-state index contributed by atoms with van der Waals surface area (Å²) in [5.74, 6) is 1.36. The largest absolute Gasteiger partial charge is 0.350 e. The first-order valence-electron chi connectivity index (χ1n) is 10.7. The highest BCUT2D eigenvalue weighted by Gasteiger charge is 2.33. The van der Waals surface area contributed by atoms with Crippen LogP contribution in [0.15, 0.2) is 30.6 Å². The molecule has 1 amide bonds. The van der Waals surface area contributed by atoms with Crippen LogP contribution in [0, 0.1) is 10.1 Å². The molecule has 9 nitrogen and oxygen atoms in total. The number of non-ortho nitro benzene ring substituents is 1. The lowest BCUT2D eigenvalue weighted by atomic mass is 10.0. The Morgan fingerprint density at radius 1 is 1.26 bits per heavy atom. The average Bonchev–Trinajstić information content (AvgIpc) is 3.14. The van der Waals surface area contributed by atoms with Gasteiger partial charge in [-0.15, -0.1) is 0 Å². The number of anilines is 1. The number of nitrogens with two attached hydrogens (primary N) is 1. The fourth-order valence-electron chi connectivity index (χ4n) is 4.65. The first-order chi connectivity index (χ1) is 14.8. The molecule has 3 atom stereocenters. The number of nitro benzene ring substituents is 1. The Kier molecular flexibility index (Phi) is 5.86. The van der Waals surface area contributed by atoms with Gasteiger partial charge in [-0.25, -0.2) is 9.97 Å². The monoisotopic (exact) mass is 424 g/mol. The van der Waals surface area contributed by atoms with Gasteiger partial charge in [-0.05, 0) is 37.7 Å². The van der Waals surface area contributed by atoms with Gasteiger partial charge >= 0.3 is 0 Å². The van der Waals surface area contributed by atoms with Gasteiger partial charge in [0.25, 0.3) is 5.69 Å². The summed E-state index contributed by atoms with van der Waals surface area (Å²) in [6, 6.07) is 5.63. The molecular weight excluding hydrogens is 396 g/mol. The smallest absolute Gasteiger partial charge is 0.269 e. The van der Waals surface area contributed by atoms with E-state index in [9.17, 15) is 14.9 Å². The standard InChI is InChI=1S/C22H28N6O3/c1-14-3-8-19-20(14)21(25-13-24-19)27-10-9-26(12-15(27)2)22(29)18(23)11-16-4-6-17(7-5-16)28(30)31/h4-7,13-15,18H,3,8-12,23H2,1-2H3. The normalized spacial score (nSPS) is 21.6. The van der Waals surface area contributed by atoms with Crippen molar-refractivity contribution in [2.24, 2.45) is 5.73 Å². The van der Waals surface area contributed by atoms with Crippen LogP contribution in [0.1, 0.15) is 43.0 Å². The average molecular weight is 425 g/mol. The van der Waals surface area contributed by atoms with Gasteiger partial charge in [0.15, 0.2) is 0 Å². The van der Waals surface area contributed by atoms with Gasteiger partial charge in [0.05, 0.1) is 11.0 Å². The van der Waals surface area contributed by atoms with Gasteiger partial charge < -0.3 is 15.5 Å². The van der Waals surface area contributed by atoms with Crippen LogP contribution in [-0.2, 0) is 17.6 Å². The molecule has 1 aromatic carbocycles. The molecule has 1 saturated heterocycles. The van der Waals surface area contributed by atoms with Crippen molar-refractivity contribution < 1.29 is 9.72 Å². The summed E-state index contributed by atoms with van der Waals surface area (Å²) in [6.45, 7) is 6.20. The summed E-state index contributed by atoms with van der Waals surface area (Å²) in [6.07, 6.45) is 4.10. The molecule has 3 unspecified atom stereocenters. The number of hydrogen-bond acceptors (Lipinski definition) is 7. The minimum atomic E-state index is -0.677. The number of carbonyl (C=O) groups is 1. The maximum absolute atomic E-state index is 13.0. The quantitative estimate of drug-likeness (QED) is 0.576. The van der Waals surface area contributed by atoms with Crippen molar-refractivity contribution in [3.05, 3.63) is 57.5 Å². The molecule has 1 aliphatic heterocycles. The third kappa shape index (κ3) is 4.23. The number of aryl methyl sites for hydroxylation is 1. The molecule has 0 spiro atoms. The number of benzene rings is 1. The molecule has 1 aromatic heterocycles. The second-order valence-corrected chi connectivity index (χ2v) is 8.56. The van der Waals surface area contributed by atoms with E-state index in [0.717, 1.165) is 29.9 Å². The Morgan fingerprint density at radius 2 is 2.00 bits per heavy atom. The van der Waals surface area contributed by atoms with Crippen LogP contribution in [-0.4, -0.2) is 57.4 Å². The molecule has 9 heteroatoms. The predicted molar refractivity (Wildman–Crippen MR) is 117 cm³/mol. The summed E-state index contributed by atoms with van der Waals surface area (Å²) in [5.41, 5.74) is 9.44. The van der Waals surface area contributed by atoms with Crippen molar-refractivity contribution in [1.82, 2.24) is 14.9 Å². The van der Waals surface area contributed by atoms with Gasteiger partial charge in [-0.2, -0.15) is 0 Å². The van der Waals surface area contributed by atoms with E-state index in [1.54, 1.807) is 18.5 Å². The fourth-order valence-corrected chi connectivity index (χ4v) is 4.65. The maximum Gasteiger partial charge on any atom is 0.269 e. The molecular formula is C22H28N6O3. The van der Waals surface area contributed by atoms with E-state index < -0.39 is 11.0 Å². The van der Waals surface area contributed by atoms with Crippen LogP contribution in [0.25, 0.3) is 0 Å². The number of aromatic nitrogens is 2. The zero-order valence-corrected chi connectivity index (χ0v) is 17.9. The maximum atomic E-state index is 13.0. The molecule has 0 radical (unpaired) electrons. The highest BCUT2D eigenvalue weighted by Crippen LogP contribution is 2.38. The van der Waals surface area contributed by atoms with Crippen LogP contribution in [0.5, 0.6) is 0 Å². The Morgan fingerprint density at radius 3 is 2.68 bits per heavy atom. The third-order valence-corrected chi connectivity index (χ3v) is 6.38. The lowest BCUT2D eigenvalue weighted by molar-refractivity contribution is -0.384. The molecule has 1 aliphatic carbocycles. The number of amides is 1. The van der Waals surface area contributed by atoms with E-state index in [1.165, 1.54) is 17.7 Å². The number of fused-ring (bicyclic) bond motifs is 1. The Labute approximate surface area is 181 Å². The minimum Gasteiger partial charge on any atom is -0.350 e. The van der Waals surface area contributed by atoms with Crippen molar-refractivity contribution in [3.63, 3.8) is 0 Å². The molecule has 0 bridgehead atoms. The summed E-state index contributed by atoms with van der Waals surface area (Å²) >= 11 is 0. The summed E-state index contributed by atoms with van der Waals surface area (Å²) in [5, 5.41) is 10.8. The molecule has 4 rings (SSSR count). The molecule has 2 aliphatic rings. The molecule has 164 valence electrons. The Bertz CT molecular complexity index is 980. The molecule has 2 aromatic rings. The van der Waals surface area contributed by atoms with E-state index in [2.05, 4.69) is 28.7 Å². The number of rotatable bonds is 5. The van der Waals surface area contributed by atoms with Gasteiger partial charge in [0.2, 0.25) is 5.91 Å². The first kappa shape index (κ1) is 21.2. The van der Waals surface area contributed by atoms with Gasteiger partial charge in [0, 0.05) is 49.1 Å². The van der Waals surface area contributed by atoms with Crippen LogP contribution < -0.4 is 10.6 Å². The van der Waals surface area contributed by atoms with Crippen molar-refractivity contribution in [2.75, 3.05) is 24.5 Å². The lowest BCUT2D eigenvalue weighted by Gasteiger charge is -2.42. The SMILES string of the molecule is CC1CCc2ncnc(N3CCN(C(=O)C(N)Cc4ccc([N+](=O)[O-])cc4)CC3C)c21. The molecule has 2 heterocycles. The Balaban J connectivity index is 1.40. The van der Waals surface area contributed by atoms with E-state index >= 15 is 0 Å². The molecule has 1 fully saturated rings. The van der Waals surface area contributed by atoms with Gasteiger partial charge in [-0.1, -0.05) is 19.1 Å². The summed E-state index contributed by atoms with van der Waals surface area (Å²) in [7, 11) is 0. The van der Waals surface area contributed by atoms with Gasteiger partial charge in [-0.3, -0.25) is 14.9 Å². The van der Waals surface area contributed by atoms with Crippen LogP contribution in [0.3, 0.4) is 0 Å². The topological polar surface area (TPSA) is 118 Å². The number of nitrogens with zero attached hydrogens (tertiary/aromatic N) is 5.